The van der Waals surface area contributed by atoms with Crippen molar-refractivity contribution in [3.8, 4) is 6.07 Å². The number of methoxy groups -OCH3 is 1. The maximum absolute atomic E-state index is 11.7. The summed E-state index contributed by atoms with van der Waals surface area (Å²) in [5.41, 5.74) is -1.04. The molecule has 0 aliphatic heterocycles. The van der Waals surface area contributed by atoms with Crippen LogP contribution in [0.1, 0.15) is 20.3 Å². The van der Waals surface area contributed by atoms with Crippen LogP contribution in [0.2, 0.25) is 0 Å². The van der Waals surface area contributed by atoms with Crippen molar-refractivity contribution in [2.45, 2.75) is 26.3 Å². The molecule has 0 saturated carbocycles. The van der Waals surface area contributed by atoms with Crippen LogP contribution in [0.5, 0.6) is 0 Å². The molecule has 0 aliphatic rings. The average molecular weight is 214 g/mol. The number of hydrogen-bond donors (Lipinski definition) is 2. The maximum Gasteiger partial charge on any atom is 0.240 e. The van der Waals surface area contributed by atoms with E-state index in [0.717, 1.165) is 0 Å². The number of amides is 1. The van der Waals surface area contributed by atoms with Gasteiger partial charge < -0.3 is 15.2 Å². The molecule has 0 bridgehead atoms. The lowest BCUT2D eigenvalue weighted by atomic mass is 9.88. The molecule has 0 heterocycles. The number of nitriles is 1. The van der Waals surface area contributed by atoms with Gasteiger partial charge in [0.25, 0.3) is 0 Å². The first kappa shape index (κ1) is 13.9. The third-order valence-electron chi connectivity index (χ3n) is 2.38. The number of ether oxygens (including phenoxy) is 1. The molecule has 0 rings (SSSR count). The summed E-state index contributed by atoms with van der Waals surface area (Å²) in [7, 11) is 1.48. The second-order valence-corrected chi connectivity index (χ2v) is 3.61. The van der Waals surface area contributed by atoms with Crippen molar-refractivity contribution in [3.05, 3.63) is 0 Å². The van der Waals surface area contributed by atoms with Gasteiger partial charge in [0, 0.05) is 7.11 Å². The molecular weight excluding hydrogens is 196 g/mol. The average Bonchev–Trinajstić information content (AvgIpc) is 2.27. The summed E-state index contributed by atoms with van der Waals surface area (Å²) < 4.78 is 4.82. The molecule has 0 aliphatic carbocycles. The Balaban J connectivity index is 4.40. The number of nitrogens with zero attached hydrogens (tertiary/aromatic N) is 1. The third kappa shape index (κ3) is 3.86. The van der Waals surface area contributed by atoms with Gasteiger partial charge >= 0.3 is 0 Å². The largest absolute Gasteiger partial charge is 0.394 e. The minimum atomic E-state index is -1.04. The molecule has 0 aromatic rings. The molecule has 0 aromatic heterocycles. The van der Waals surface area contributed by atoms with Gasteiger partial charge in [-0.25, -0.2) is 0 Å². The monoisotopic (exact) mass is 214 g/mol. The standard InChI is InChI=1S/C10H18N2O3/c1-4-10(2,7-11)9(14)12-8(5-13)6-15-3/h8,13H,4-6H2,1-3H3,(H,12,14). The maximum atomic E-state index is 11.7. The highest BCUT2D eigenvalue weighted by molar-refractivity contribution is 5.85. The molecule has 5 nitrogen and oxygen atoms in total. The smallest absolute Gasteiger partial charge is 0.240 e. The van der Waals surface area contributed by atoms with Gasteiger partial charge in [0.15, 0.2) is 0 Å². The van der Waals surface area contributed by atoms with Crippen LogP contribution in [0, 0.1) is 16.7 Å². The Labute approximate surface area is 90.0 Å². The van der Waals surface area contributed by atoms with Crippen molar-refractivity contribution in [2.24, 2.45) is 5.41 Å². The van der Waals surface area contributed by atoms with Crippen LogP contribution in [0.25, 0.3) is 0 Å². The summed E-state index contributed by atoms with van der Waals surface area (Å²) >= 11 is 0. The molecule has 2 atom stereocenters. The first-order valence-electron chi connectivity index (χ1n) is 4.86. The number of aliphatic hydroxyl groups is 1. The predicted molar refractivity (Wildman–Crippen MR) is 54.9 cm³/mol. The second kappa shape index (κ2) is 6.38. The topological polar surface area (TPSA) is 82.4 Å². The predicted octanol–water partition coefficient (Wildman–Crippen LogP) is 0.0498. The number of hydrogen-bond acceptors (Lipinski definition) is 4. The van der Waals surface area contributed by atoms with Crippen LogP contribution in [0.3, 0.4) is 0 Å². The molecule has 0 spiro atoms. The minimum Gasteiger partial charge on any atom is -0.394 e. The van der Waals surface area contributed by atoms with Crippen molar-refractivity contribution in [3.63, 3.8) is 0 Å². The van der Waals surface area contributed by atoms with Crippen molar-refractivity contribution < 1.29 is 14.6 Å². The fourth-order valence-corrected chi connectivity index (χ4v) is 0.976. The van der Waals surface area contributed by atoms with E-state index in [0.29, 0.717) is 6.42 Å². The van der Waals surface area contributed by atoms with Crippen LogP contribution in [0.15, 0.2) is 0 Å². The van der Waals surface area contributed by atoms with E-state index in [9.17, 15) is 4.79 Å². The Morgan fingerprint density at radius 1 is 1.73 bits per heavy atom. The number of carbonyl (C=O) groups is 1. The normalized spacial score (nSPS) is 16.2. The third-order valence-corrected chi connectivity index (χ3v) is 2.38. The SMILES string of the molecule is CCC(C)(C#N)C(=O)NC(CO)COC. The van der Waals surface area contributed by atoms with Crippen LogP contribution >= 0.6 is 0 Å². The molecule has 5 heteroatoms. The highest BCUT2D eigenvalue weighted by Gasteiger charge is 2.32. The van der Waals surface area contributed by atoms with Crippen LogP contribution < -0.4 is 5.32 Å². The Morgan fingerprint density at radius 3 is 2.67 bits per heavy atom. The molecule has 2 N–H and O–H groups in total. The molecular formula is C10H18N2O3. The fraction of sp³-hybridized carbons (Fsp3) is 0.800. The molecule has 0 fully saturated rings. The lowest BCUT2D eigenvalue weighted by molar-refractivity contribution is -0.129. The quantitative estimate of drug-likeness (QED) is 0.654. The van der Waals surface area contributed by atoms with Gasteiger partial charge in [0.1, 0.15) is 5.41 Å². The van der Waals surface area contributed by atoms with E-state index in [1.54, 1.807) is 13.8 Å². The zero-order valence-electron chi connectivity index (χ0n) is 9.41. The number of rotatable bonds is 6. The zero-order valence-corrected chi connectivity index (χ0v) is 9.41. The van der Waals surface area contributed by atoms with Gasteiger partial charge in [-0.1, -0.05) is 6.92 Å². The van der Waals surface area contributed by atoms with Gasteiger partial charge in [0.05, 0.1) is 25.3 Å². The highest BCUT2D eigenvalue weighted by Crippen LogP contribution is 2.19. The summed E-state index contributed by atoms with van der Waals surface area (Å²) in [6, 6.07) is 1.51. The van der Waals surface area contributed by atoms with Gasteiger partial charge in [-0.05, 0) is 13.3 Å². The molecule has 0 saturated heterocycles. The van der Waals surface area contributed by atoms with Crippen molar-refractivity contribution in [1.82, 2.24) is 5.32 Å². The Hall–Kier alpha value is -1.12. The molecule has 0 aromatic carbocycles. The van der Waals surface area contributed by atoms with E-state index >= 15 is 0 Å². The Bertz CT molecular complexity index is 250. The van der Waals surface area contributed by atoms with Crippen molar-refractivity contribution in [1.29, 1.82) is 5.26 Å². The molecule has 15 heavy (non-hydrogen) atoms. The van der Waals surface area contributed by atoms with Crippen LogP contribution in [-0.2, 0) is 9.53 Å². The van der Waals surface area contributed by atoms with Crippen LogP contribution in [-0.4, -0.2) is 37.4 Å². The minimum absolute atomic E-state index is 0.204. The highest BCUT2D eigenvalue weighted by atomic mass is 16.5. The number of aliphatic hydroxyl groups excluding tert-OH is 1. The first-order valence-corrected chi connectivity index (χ1v) is 4.86. The van der Waals surface area contributed by atoms with E-state index in [4.69, 9.17) is 15.1 Å². The van der Waals surface area contributed by atoms with Crippen molar-refractivity contribution >= 4 is 5.91 Å². The molecule has 2 unspecified atom stereocenters. The van der Waals surface area contributed by atoms with Gasteiger partial charge in [0.2, 0.25) is 5.91 Å². The lowest BCUT2D eigenvalue weighted by Crippen LogP contribution is -2.46. The van der Waals surface area contributed by atoms with E-state index in [1.165, 1.54) is 7.11 Å². The molecule has 86 valence electrons. The first-order chi connectivity index (χ1) is 7.03. The van der Waals surface area contributed by atoms with E-state index in [1.807, 2.05) is 6.07 Å². The summed E-state index contributed by atoms with van der Waals surface area (Å²) in [4.78, 5) is 11.7. The summed E-state index contributed by atoms with van der Waals surface area (Å²) in [6.45, 7) is 3.37. The fourth-order valence-electron chi connectivity index (χ4n) is 0.976. The van der Waals surface area contributed by atoms with E-state index in [2.05, 4.69) is 5.32 Å². The summed E-state index contributed by atoms with van der Waals surface area (Å²) in [6.07, 6.45) is 0.431. The van der Waals surface area contributed by atoms with Crippen LogP contribution in [0.4, 0.5) is 0 Å². The molecule has 0 radical (unpaired) electrons. The Kier molecular flexibility index (Phi) is 5.90. The van der Waals surface area contributed by atoms with Crippen molar-refractivity contribution in [2.75, 3.05) is 20.3 Å². The van der Waals surface area contributed by atoms with Gasteiger partial charge in [-0.3, -0.25) is 4.79 Å². The lowest BCUT2D eigenvalue weighted by Gasteiger charge is -2.22. The summed E-state index contributed by atoms with van der Waals surface area (Å²) in [5, 5.41) is 20.4. The van der Waals surface area contributed by atoms with E-state index in [-0.39, 0.29) is 19.1 Å². The van der Waals surface area contributed by atoms with E-state index < -0.39 is 11.5 Å². The van der Waals surface area contributed by atoms with Gasteiger partial charge in [-0.15, -0.1) is 0 Å². The zero-order chi connectivity index (χ0) is 11.9. The second-order valence-electron chi connectivity index (χ2n) is 3.61. The number of carbonyl (C=O) groups excluding carboxylic acids is 1. The number of nitrogens with one attached hydrogen (secondary N) is 1. The molecule has 1 amide bonds. The van der Waals surface area contributed by atoms with Gasteiger partial charge in [-0.2, -0.15) is 5.26 Å². The summed E-state index contributed by atoms with van der Waals surface area (Å²) in [5.74, 6) is -0.372. The Morgan fingerprint density at radius 2 is 2.33 bits per heavy atom.